The maximum Gasteiger partial charge on any atom is 0.305 e. The van der Waals surface area contributed by atoms with E-state index in [1.807, 2.05) is 31.3 Å². The minimum Gasteiger partial charge on any atom is -0.481 e. The molecule has 1 amide bonds. The molecule has 0 saturated carbocycles. The van der Waals surface area contributed by atoms with Gasteiger partial charge in [0.2, 0.25) is 5.91 Å². The average molecular weight is 302 g/mol. The summed E-state index contributed by atoms with van der Waals surface area (Å²) in [5.74, 6) is -0.906. The van der Waals surface area contributed by atoms with Gasteiger partial charge in [-0.25, -0.2) is 0 Å². The molecule has 1 heterocycles. The molecule has 0 atom stereocenters. The van der Waals surface area contributed by atoms with Crippen LogP contribution in [-0.4, -0.2) is 39.5 Å². The first-order chi connectivity index (χ1) is 10.6. The highest BCUT2D eigenvalue weighted by Crippen LogP contribution is 2.22. The lowest BCUT2D eigenvalue weighted by atomic mass is 10.1. The summed E-state index contributed by atoms with van der Waals surface area (Å²) >= 11 is 0. The van der Waals surface area contributed by atoms with Gasteiger partial charge in [0.15, 0.2) is 0 Å². The number of para-hydroxylation sites is 1. The predicted octanol–water partition coefficient (Wildman–Crippen LogP) is 2.53. The lowest BCUT2D eigenvalue weighted by Gasteiger charge is -2.19. The van der Waals surface area contributed by atoms with E-state index in [2.05, 4.69) is 17.6 Å². The third-order valence-corrected chi connectivity index (χ3v) is 3.88. The highest BCUT2D eigenvalue weighted by molar-refractivity contribution is 5.89. The summed E-state index contributed by atoms with van der Waals surface area (Å²) in [7, 11) is 0. The molecular weight excluding hydrogens is 280 g/mol. The monoisotopic (exact) mass is 302 g/mol. The summed E-state index contributed by atoms with van der Waals surface area (Å²) in [5, 5.41) is 9.85. The molecule has 1 aromatic carbocycles. The smallest absolute Gasteiger partial charge is 0.305 e. The van der Waals surface area contributed by atoms with Crippen molar-refractivity contribution in [3.05, 3.63) is 36.0 Å². The Bertz CT molecular complexity index is 676. The van der Waals surface area contributed by atoms with Crippen molar-refractivity contribution in [1.29, 1.82) is 0 Å². The zero-order chi connectivity index (χ0) is 16.1. The molecule has 5 heteroatoms. The van der Waals surface area contributed by atoms with Gasteiger partial charge in [-0.15, -0.1) is 0 Å². The van der Waals surface area contributed by atoms with E-state index < -0.39 is 5.97 Å². The van der Waals surface area contributed by atoms with Gasteiger partial charge in [0.05, 0.1) is 12.8 Å². The SMILES string of the molecule is CCN(CCC(=O)O)C(=O)Cc1cn(CC)c2ccccc12. The van der Waals surface area contributed by atoms with Crippen LogP contribution < -0.4 is 0 Å². The first-order valence-electron chi connectivity index (χ1n) is 7.63. The molecule has 5 nitrogen and oxygen atoms in total. The van der Waals surface area contributed by atoms with Crippen molar-refractivity contribution < 1.29 is 14.7 Å². The number of benzene rings is 1. The lowest BCUT2D eigenvalue weighted by Crippen LogP contribution is -2.33. The Morgan fingerprint density at radius 2 is 1.95 bits per heavy atom. The Morgan fingerprint density at radius 3 is 2.59 bits per heavy atom. The summed E-state index contributed by atoms with van der Waals surface area (Å²) in [5.41, 5.74) is 2.12. The van der Waals surface area contributed by atoms with Crippen LogP contribution in [0.3, 0.4) is 0 Å². The molecule has 22 heavy (non-hydrogen) atoms. The molecule has 0 saturated heterocycles. The van der Waals surface area contributed by atoms with Crippen molar-refractivity contribution in [3.8, 4) is 0 Å². The minimum atomic E-state index is -0.881. The number of amides is 1. The Labute approximate surface area is 130 Å². The highest BCUT2D eigenvalue weighted by Gasteiger charge is 2.16. The number of hydrogen-bond acceptors (Lipinski definition) is 2. The van der Waals surface area contributed by atoms with Crippen molar-refractivity contribution in [2.75, 3.05) is 13.1 Å². The van der Waals surface area contributed by atoms with Crippen LogP contribution in [0.15, 0.2) is 30.5 Å². The van der Waals surface area contributed by atoms with Gasteiger partial charge in [-0.2, -0.15) is 0 Å². The van der Waals surface area contributed by atoms with Crippen LogP contribution in [0.5, 0.6) is 0 Å². The Morgan fingerprint density at radius 1 is 1.23 bits per heavy atom. The summed E-state index contributed by atoms with van der Waals surface area (Å²) < 4.78 is 2.13. The number of fused-ring (bicyclic) bond motifs is 1. The van der Waals surface area contributed by atoms with Crippen LogP contribution in [0.4, 0.5) is 0 Å². The van der Waals surface area contributed by atoms with Crippen LogP contribution in [0.2, 0.25) is 0 Å². The summed E-state index contributed by atoms with van der Waals surface area (Å²) in [6.07, 6.45) is 2.31. The van der Waals surface area contributed by atoms with Crippen molar-refractivity contribution in [2.45, 2.75) is 33.2 Å². The fourth-order valence-corrected chi connectivity index (χ4v) is 2.69. The quantitative estimate of drug-likeness (QED) is 0.855. The zero-order valence-electron chi connectivity index (χ0n) is 13.1. The van der Waals surface area contributed by atoms with Crippen molar-refractivity contribution in [2.24, 2.45) is 0 Å². The molecule has 1 aromatic heterocycles. The van der Waals surface area contributed by atoms with Crippen molar-refractivity contribution in [1.82, 2.24) is 9.47 Å². The molecular formula is C17H22N2O3. The van der Waals surface area contributed by atoms with E-state index in [1.165, 1.54) is 0 Å². The normalized spacial score (nSPS) is 10.8. The Hall–Kier alpha value is -2.30. The van der Waals surface area contributed by atoms with Crippen LogP contribution in [0, 0.1) is 0 Å². The van der Waals surface area contributed by atoms with Gasteiger partial charge in [-0.05, 0) is 25.5 Å². The Balaban J connectivity index is 2.19. The van der Waals surface area contributed by atoms with E-state index >= 15 is 0 Å². The van der Waals surface area contributed by atoms with Gasteiger partial charge < -0.3 is 14.6 Å². The first kappa shape index (κ1) is 16.1. The summed E-state index contributed by atoms with van der Waals surface area (Å²) in [6.45, 7) is 5.58. The van der Waals surface area contributed by atoms with Crippen LogP contribution in [0.25, 0.3) is 10.9 Å². The third-order valence-electron chi connectivity index (χ3n) is 3.88. The van der Waals surface area contributed by atoms with E-state index in [9.17, 15) is 9.59 Å². The molecule has 0 radical (unpaired) electrons. The van der Waals surface area contributed by atoms with E-state index in [4.69, 9.17) is 5.11 Å². The second kappa shape index (κ2) is 7.11. The summed E-state index contributed by atoms with van der Waals surface area (Å²) in [6, 6.07) is 8.04. The number of carbonyl (C=O) groups excluding carboxylic acids is 1. The van der Waals surface area contributed by atoms with Gasteiger partial charge in [0, 0.05) is 36.7 Å². The van der Waals surface area contributed by atoms with Gasteiger partial charge in [0.25, 0.3) is 0 Å². The highest BCUT2D eigenvalue weighted by atomic mass is 16.4. The molecule has 2 aromatic rings. The second-order valence-electron chi connectivity index (χ2n) is 5.25. The van der Waals surface area contributed by atoms with Gasteiger partial charge in [0.1, 0.15) is 0 Å². The van der Waals surface area contributed by atoms with E-state index in [1.54, 1.807) is 4.90 Å². The molecule has 0 spiro atoms. The van der Waals surface area contributed by atoms with E-state index in [0.29, 0.717) is 13.0 Å². The zero-order valence-corrected chi connectivity index (χ0v) is 13.1. The minimum absolute atomic E-state index is 0.0176. The molecule has 2 rings (SSSR count). The maximum atomic E-state index is 12.4. The lowest BCUT2D eigenvalue weighted by molar-refractivity contribution is -0.138. The number of rotatable bonds is 7. The summed E-state index contributed by atoms with van der Waals surface area (Å²) in [4.78, 5) is 24.7. The van der Waals surface area contributed by atoms with E-state index in [-0.39, 0.29) is 18.9 Å². The molecule has 0 aliphatic heterocycles. The molecule has 118 valence electrons. The van der Waals surface area contributed by atoms with Crippen LogP contribution in [0.1, 0.15) is 25.8 Å². The average Bonchev–Trinajstić information content (AvgIpc) is 2.86. The second-order valence-corrected chi connectivity index (χ2v) is 5.25. The number of hydrogen-bond donors (Lipinski definition) is 1. The molecule has 0 bridgehead atoms. The largest absolute Gasteiger partial charge is 0.481 e. The number of carbonyl (C=O) groups is 2. The molecule has 0 unspecified atom stereocenters. The first-order valence-corrected chi connectivity index (χ1v) is 7.63. The topological polar surface area (TPSA) is 62.5 Å². The number of likely N-dealkylation sites (N-methyl/N-ethyl adjacent to an activating group) is 1. The van der Waals surface area contributed by atoms with Crippen molar-refractivity contribution >= 4 is 22.8 Å². The van der Waals surface area contributed by atoms with Gasteiger partial charge in [-0.3, -0.25) is 9.59 Å². The fraction of sp³-hybridized carbons (Fsp3) is 0.412. The van der Waals surface area contributed by atoms with Crippen molar-refractivity contribution in [3.63, 3.8) is 0 Å². The van der Waals surface area contributed by atoms with Crippen LogP contribution in [-0.2, 0) is 22.6 Å². The molecule has 0 fully saturated rings. The van der Waals surface area contributed by atoms with Gasteiger partial charge in [-0.1, -0.05) is 18.2 Å². The number of aliphatic carboxylic acids is 1. The molecule has 0 aliphatic rings. The third kappa shape index (κ3) is 3.47. The van der Waals surface area contributed by atoms with E-state index in [0.717, 1.165) is 23.0 Å². The number of aromatic nitrogens is 1. The maximum absolute atomic E-state index is 12.4. The van der Waals surface area contributed by atoms with Gasteiger partial charge >= 0.3 is 5.97 Å². The fourth-order valence-electron chi connectivity index (χ4n) is 2.69. The number of nitrogens with zero attached hydrogens (tertiary/aromatic N) is 2. The molecule has 0 aliphatic carbocycles. The molecule has 1 N–H and O–H groups in total. The number of aryl methyl sites for hydroxylation is 1. The predicted molar refractivity (Wildman–Crippen MR) is 85.8 cm³/mol. The Kier molecular flexibility index (Phi) is 5.20. The van der Waals surface area contributed by atoms with Crippen LogP contribution >= 0.6 is 0 Å². The number of carboxylic acids is 1. The standard InChI is InChI=1S/C17H22N2O3/c1-3-18(10-9-17(21)22)16(20)11-13-12-19(4-2)15-8-6-5-7-14(13)15/h5-8,12H,3-4,9-11H2,1-2H3,(H,21,22). The number of carboxylic acid groups (broad SMARTS) is 1.